The van der Waals surface area contributed by atoms with E-state index in [4.69, 9.17) is 9.15 Å². The van der Waals surface area contributed by atoms with Crippen LogP contribution in [0.5, 0.6) is 5.75 Å². The minimum absolute atomic E-state index is 0.209. The maximum atomic E-state index is 13.2. The first-order valence-electron chi connectivity index (χ1n) is 12.3. The Labute approximate surface area is 222 Å². The fraction of sp³-hybridized carbons (Fsp3) is 0.462. The summed E-state index contributed by atoms with van der Waals surface area (Å²) in [6.45, 7) is 7.18. The van der Waals surface area contributed by atoms with Crippen molar-refractivity contribution < 1.29 is 22.4 Å². The fourth-order valence-electron chi connectivity index (χ4n) is 4.54. The highest BCUT2D eigenvalue weighted by Gasteiger charge is 2.26. The predicted octanol–water partition coefficient (Wildman–Crippen LogP) is 3.75. The number of aromatic nitrogens is 1. The van der Waals surface area contributed by atoms with E-state index in [1.165, 1.54) is 23.4 Å². The van der Waals surface area contributed by atoms with E-state index < -0.39 is 10.0 Å². The van der Waals surface area contributed by atoms with Gasteiger partial charge in [0.15, 0.2) is 0 Å². The number of likely N-dealkylation sites (tertiary alicyclic amines) is 1. The summed E-state index contributed by atoms with van der Waals surface area (Å²) in [5.41, 5.74) is 2.70. The third-order valence-electron chi connectivity index (χ3n) is 6.51. The van der Waals surface area contributed by atoms with Crippen LogP contribution in [0.1, 0.15) is 50.8 Å². The molecule has 0 saturated carbocycles. The lowest BCUT2D eigenvalue weighted by Crippen LogP contribution is -2.30. The van der Waals surface area contributed by atoms with Crippen LogP contribution in [0.2, 0.25) is 0 Å². The molecule has 9 nitrogen and oxygen atoms in total. The average Bonchev–Trinajstić information content (AvgIpc) is 3.63. The summed E-state index contributed by atoms with van der Waals surface area (Å²) in [4.78, 5) is 19.9. The topological polar surface area (TPSA) is 105 Å². The summed E-state index contributed by atoms with van der Waals surface area (Å²) >= 11 is 1.55. The van der Waals surface area contributed by atoms with Crippen molar-refractivity contribution in [1.29, 1.82) is 0 Å². The maximum Gasteiger partial charge on any atom is 0.254 e. The number of aryl methyl sites for hydroxylation is 2. The van der Waals surface area contributed by atoms with Crippen molar-refractivity contribution in [2.45, 2.75) is 51.1 Å². The summed E-state index contributed by atoms with van der Waals surface area (Å²) in [6, 6.07) is 5.08. The fourth-order valence-corrected chi connectivity index (χ4v) is 6.84. The van der Waals surface area contributed by atoms with Gasteiger partial charge in [0.2, 0.25) is 10.0 Å². The molecule has 0 unspecified atom stereocenters. The van der Waals surface area contributed by atoms with Crippen molar-refractivity contribution in [2.75, 3.05) is 33.8 Å². The van der Waals surface area contributed by atoms with Gasteiger partial charge in [-0.3, -0.25) is 9.69 Å². The zero-order valence-electron chi connectivity index (χ0n) is 21.7. The van der Waals surface area contributed by atoms with Gasteiger partial charge in [-0.25, -0.2) is 17.7 Å². The van der Waals surface area contributed by atoms with Crippen molar-refractivity contribution in [1.82, 2.24) is 19.5 Å². The van der Waals surface area contributed by atoms with Gasteiger partial charge >= 0.3 is 0 Å². The maximum absolute atomic E-state index is 13.2. The largest absolute Gasteiger partial charge is 0.497 e. The Morgan fingerprint density at radius 3 is 2.59 bits per heavy atom. The molecule has 1 N–H and O–H groups in total. The molecule has 0 spiro atoms. The van der Waals surface area contributed by atoms with E-state index in [-0.39, 0.29) is 17.3 Å². The Balaban J connectivity index is 1.30. The Bertz CT molecular complexity index is 1320. The Morgan fingerprint density at radius 2 is 1.92 bits per heavy atom. The molecule has 1 aliphatic heterocycles. The second-order valence-corrected chi connectivity index (χ2v) is 12.3. The zero-order chi connectivity index (χ0) is 26.6. The Morgan fingerprint density at radius 1 is 1.22 bits per heavy atom. The van der Waals surface area contributed by atoms with Gasteiger partial charge in [-0.1, -0.05) is 0 Å². The number of benzene rings is 1. The number of furan rings is 1. The minimum atomic E-state index is -3.70. The van der Waals surface area contributed by atoms with Crippen molar-refractivity contribution in [3.8, 4) is 5.75 Å². The number of nitrogens with zero attached hydrogens (tertiary/aromatic N) is 3. The van der Waals surface area contributed by atoms with Crippen LogP contribution in [0, 0.1) is 13.8 Å². The summed E-state index contributed by atoms with van der Waals surface area (Å²) in [5, 5.41) is 5.80. The van der Waals surface area contributed by atoms with Gasteiger partial charge in [0.1, 0.15) is 22.8 Å². The van der Waals surface area contributed by atoms with E-state index >= 15 is 0 Å². The van der Waals surface area contributed by atoms with Gasteiger partial charge in [-0.15, -0.1) is 11.3 Å². The lowest BCUT2D eigenvalue weighted by Gasteiger charge is -2.20. The minimum Gasteiger partial charge on any atom is -0.497 e. The van der Waals surface area contributed by atoms with E-state index in [0.29, 0.717) is 41.2 Å². The molecule has 2 aromatic heterocycles. The van der Waals surface area contributed by atoms with Crippen LogP contribution >= 0.6 is 11.3 Å². The molecule has 4 rings (SSSR count). The number of methoxy groups -OCH3 is 1. The van der Waals surface area contributed by atoms with E-state index in [9.17, 15) is 13.2 Å². The van der Waals surface area contributed by atoms with E-state index in [2.05, 4.69) is 20.6 Å². The number of carbonyl (C=O) groups is 1. The molecular formula is C26H34N4O5S2. The van der Waals surface area contributed by atoms with E-state index in [1.54, 1.807) is 57.5 Å². The summed E-state index contributed by atoms with van der Waals surface area (Å²) in [7, 11) is -0.606. The molecule has 1 aromatic carbocycles. The monoisotopic (exact) mass is 546 g/mol. The molecule has 1 amide bonds. The van der Waals surface area contributed by atoms with Gasteiger partial charge in [0, 0.05) is 31.9 Å². The number of hydrogen-bond acceptors (Lipinski definition) is 8. The molecule has 1 aliphatic rings. The molecular weight excluding hydrogens is 512 g/mol. The number of likely N-dealkylation sites (N-methyl/N-ethyl adjacent to an activating group) is 1. The Hall–Kier alpha value is -2.73. The molecule has 0 atom stereocenters. The van der Waals surface area contributed by atoms with Crippen LogP contribution in [0.15, 0.2) is 39.2 Å². The van der Waals surface area contributed by atoms with Crippen LogP contribution < -0.4 is 10.1 Å². The molecule has 11 heteroatoms. The Kier molecular flexibility index (Phi) is 8.68. The first-order chi connectivity index (χ1) is 17.7. The molecule has 0 bridgehead atoms. The molecule has 0 aliphatic carbocycles. The van der Waals surface area contributed by atoms with Gasteiger partial charge in [0.25, 0.3) is 5.91 Å². The molecule has 3 aromatic rings. The van der Waals surface area contributed by atoms with Crippen molar-refractivity contribution in [2.24, 2.45) is 0 Å². The van der Waals surface area contributed by atoms with Gasteiger partial charge in [0.05, 0.1) is 29.8 Å². The van der Waals surface area contributed by atoms with Crippen LogP contribution in [0.25, 0.3) is 0 Å². The SMILES string of the molecule is COc1cc(C)c(S(=O)(=O)N(C)CCc2cc(C(=O)NCc3nc(CN4CCCC4)cs3)co2)c(C)c1. The molecule has 200 valence electrons. The number of nitrogens with one attached hydrogen (secondary N) is 1. The van der Waals surface area contributed by atoms with Crippen molar-refractivity contribution >= 4 is 27.3 Å². The van der Waals surface area contributed by atoms with Crippen LogP contribution in [0.4, 0.5) is 0 Å². The molecule has 0 radical (unpaired) electrons. The van der Waals surface area contributed by atoms with Crippen molar-refractivity contribution in [3.63, 3.8) is 0 Å². The highest BCUT2D eigenvalue weighted by Crippen LogP contribution is 2.28. The number of sulfonamides is 1. The molecule has 1 fully saturated rings. The summed E-state index contributed by atoms with van der Waals surface area (Å²) < 4.78 is 38.5. The van der Waals surface area contributed by atoms with Crippen molar-refractivity contribution in [3.05, 3.63) is 63.0 Å². The lowest BCUT2D eigenvalue weighted by atomic mass is 10.1. The smallest absolute Gasteiger partial charge is 0.254 e. The average molecular weight is 547 g/mol. The quantitative estimate of drug-likeness (QED) is 0.391. The van der Waals surface area contributed by atoms with Crippen LogP contribution in [0.3, 0.4) is 0 Å². The summed E-state index contributed by atoms with van der Waals surface area (Å²) in [6.07, 6.45) is 4.23. The zero-order valence-corrected chi connectivity index (χ0v) is 23.4. The number of hydrogen-bond donors (Lipinski definition) is 1. The third kappa shape index (κ3) is 6.59. The van der Waals surface area contributed by atoms with E-state index in [0.717, 1.165) is 30.3 Å². The summed E-state index contributed by atoms with van der Waals surface area (Å²) in [5.74, 6) is 0.907. The third-order valence-corrected chi connectivity index (χ3v) is 9.57. The number of ether oxygens (including phenoxy) is 1. The van der Waals surface area contributed by atoms with Crippen LogP contribution in [-0.4, -0.2) is 62.3 Å². The normalized spacial score (nSPS) is 14.4. The second-order valence-electron chi connectivity index (χ2n) is 9.37. The lowest BCUT2D eigenvalue weighted by molar-refractivity contribution is 0.0950. The van der Waals surface area contributed by atoms with Crippen LogP contribution in [-0.2, 0) is 29.5 Å². The molecule has 3 heterocycles. The number of carbonyl (C=O) groups excluding carboxylic acids is 1. The number of thiazole rings is 1. The molecule has 1 saturated heterocycles. The highest BCUT2D eigenvalue weighted by atomic mass is 32.2. The van der Waals surface area contributed by atoms with E-state index in [1.807, 2.05) is 0 Å². The first-order valence-corrected chi connectivity index (χ1v) is 14.6. The number of amides is 1. The standard InChI is InChI=1S/C26H34N4O5S2/c1-18-11-23(34-4)12-19(2)25(18)37(32,33)29(3)10-7-22-13-20(16-35-22)26(31)27-14-24-28-21(17-36-24)15-30-8-5-6-9-30/h11-13,16-17H,5-10,14-15H2,1-4H3,(H,27,31). The number of rotatable bonds is 11. The first kappa shape index (κ1) is 27.3. The predicted molar refractivity (Wildman–Crippen MR) is 142 cm³/mol. The van der Waals surface area contributed by atoms with Gasteiger partial charge in [-0.2, -0.15) is 0 Å². The van der Waals surface area contributed by atoms with Gasteiger partial charge in [-0.05, 0) is 69.1 Å². The molecule has 37 heavy (non-hydrogen) atoms. The highest BCUT2D eigenvalue weighted by molar-refractivity contribution is 7.89. The van der Waals surface area contributed by atoms with Gasteiger partial charge < -0.3 is 14.5 Å². The second kappa shape index (κ2) is 11.8.